The molecule has 0 radical (unpaired) electrons. The highest BCUT2D eigenvalue weighted by Gasteiger charge is 2.14. The Morgan fingerprint density at radius 2 is 1.76 bits per heavy atom. The number of nitriles is 1. The Morgan fingerprint density at radius 3 is 2.35 bits per heavy atom. The van der Waals surface area contributed by atoms with Crippen LogP contribution in [-0.2, 0) is 11.4 Å². The molecule has 0 heterocycles. The van der Waals surface area contributed by atoms with Crippen molar-refractivity contribution >= 4 is 39.6 Å². The number of hydrogen-bond donors (Lipinski definition) is 3. The minimum Gasteiger partial charge on any atom is -0.508 e. The number of anilines is 1. The van der Waals surface area contributed by atoms with E-state index in [-0.39, 0.29) is 23.5 Å². The molecule has 3 rings (SSSR count). The number of rotatable bonds is 8. The van der Waals surface area contributed by atoms with E-state index in [1.54, 1.807) is 24.3 Å². The van der Waals surface area contributed by atoms with Gasteiger partial charge in [0, 0.05) is 10.2 Å². The van der Waals surface area contributed by atoms with Crippen molar-refractivity contribution in [1.29, 1.82) is 5.26 Å². The maximum Gasteiger partial charge on any atom is 0.335 e. The van der Waals surface area contributed by atoms with Gasteiger partial charge in [0.05, 0.1) is 12.7 Å². The zero-order valence-corrected chi connectivity index (χ0v) is 19.5. The Hall–Kier alpha value is -4.29. The Balaban J connectivity index is 1.78. The molecule has 0 unspecified atom stereocenters. The highest BCUT2D eigenvalue weighted by molar-refractivity contribution is 9.10. The molecule has 172 valence electrons. The third-order valence-corrected chi connectivity index (χ3v) is 5.36. The van der Waals surface area contributed by atoms with E-state index in [1.165, 1.54) is 49.6 Å². The van der Waals surface area contributed by atoms with Crippen LogP contribution in [0.25, 0.3) is 6.08 Å². The van der Waals surface area contributed by atoms with Gasteiger partial charge in [0.2, 0.25) is 0 Å². The average Bonchev–Trinajstić information content (AvgIpc) is 2.83. The highest BCUT2D eigenvalue weighted by atomic mass is 79.9. The van der Waals surface area contributed by atoms with Crippen LogP contribution in [-0.4, -0.2) is 29.2 Å². The molecule has 3 aromatic carbocycles. The van der Waals surface area contributed by atoms with E-state index >= 15 is 0 Å². The molecule has 0 fully saturated rings. The molecule has 0 spiro atoms. The number of aromatic hydroxyl groups is 1. The van der Waals surface area contributed by atoms with E-state index in [9.17, 15) is 20.0 Å². The van der Waals surface area contributed by atoms with Gasteiger partial charge in [0.25, 0.3) is 5.91 Å². The maximum atomic E-state index is 12.5. The summed E-state index contributed by atoms with van der Waals surface area (Å²) < 4.78 is 11.8. The molecular weight excluding hydrogens is 504 g/mol. The minimum absolute atomic E-state index is 0.0599. The van der Waals surface area contributed by atoms with Crippen molar-refractivity contribution in [2.75, 3.05) is 12.4 Å². The molecule has 9 heteroatoms. The number of carboxylic acid groups (broad SMARTS) is 1. The van der Waals surface area contributed by atoms with Crippen LogP contribution in [0.3, 0.4) is 0 Å². The van der Waals surface area contributed by atoms with E-state index in [1.807, 2.05) is 6.07 Å². The fourth-order valence-corrected chi connectivity index (χ4v) is 3.32. The number of halogens is 1. The van der Waals surface area contributed by atoms with E-state index in [0.29, 0.717) is 27.2 Å². The van der Waals surface area contributed by atoms with E-state index < -0.39 is 11.9 Å². The molecule has 0 saturated carbocycles. The van der Waals surface area contributed by atoms with Crippen LogP contribution in [0.15, 0.2) is 70.7 Å². The SMILES string of the molecule is COc1cc(/C=C(\C#N)C(=O)Nc2ccc(O)cc2)c(Br)cc1OCc1ccc(C(=O)O)cc1. The molecular formula is C25H19BrN2O6. The zero-order chi connectivity index (χ0) is 24.7. The molecule has 8 nitrogen and oxygen atoms in total. The second-order valence-corrected chi connectivity index (χ2v) is 7.84. The highest BCUT2D eigenvalue weighted by Crippen LogP contribution is 2.35. The largest absolute Gasteiger partial charge is 0.508 e. The number of nitrogens with one attached hydrogen (secondary N) is 1. The smallest absolute Gasteiger partial charge is 0.335 e. The number of benzene rings is 3. The molecule has 0 aliphatic heterocycles. The summed E-state index contributed by atoms with van der Waals surface area (Å²) in [6.45, 7) is 0.177. The fourth-order valence-electron chi connectivity index (χ4n) is 2.89. The fraction of sp³-hybridized carbons (Fsp3) is 0.0800. The molecule has 0 aromatic heterocycles. The molecule has 0 aliphatic carbocycles. The summed E-state index contributed by atoms with van der Waals surface area (Å²) in [4.78, 5) is 23.5. The first kappa shape index (κ1) is 24.4. The molecule has 1 amide bonds. The van der Waals surface area contributed by atoms with Crippen LogP contribution in [0.2, 0.25) is 0 Å². The quantitative estimate of drug-likeness (QED) is 0.216. The van der Waals surface area contributed by atoms with Gasteiger partial charge in [-0.3, -0.25) is 4.79 Å². The summed E-state index contributed by atoms with van der Waals surface area (Å²) >= 11 is 3.43. The monoisotopic (exact) mass is 522 g/mol. The first-order valence-corrected chi connectivity index (χ1v) is 10.6. The number of carbonyl (C=O) groups is 2. The first-order chi connectivity index (χ1) is 16.3. The number of methoxy groups -OCH3 is 1. The van der Waals surface area contributed by atoms with Crippen molar-refractivity contribution in [1.82, 2.24) is 0 Å². The van der Waals surface area contributed by atoms with Crippen LogP contribution in [0, 0.1) is 11.3 Å². The number of phenols is 1. The van der Waals surface area contributed by atoms with Gasteiger partial charge in [-0.2, -0.15) is 5.26 Å². The lowest BCUT2D eigenvalue weighted by molar-refractivity contribution is -0.112. The maximum absolute atomic E-state index is 12.5. The summed E-state index contributed by atoms with van der Waals surface area (Å²) in [7, 11) is 1.47. The molecule has 34 heavy (non-hydrogen) atoms. The molecule has 0 saturated heterocycles. The number of carbonyl (C=O) groups excluding carboxylic acids is 1. The van der Waals surface area contributed by atoms with Gasteiger partial charge in [-0.25, -0.2) is 4.79 Å². The second-order valence-electron chi connectivity index (χ2n) is 6.99. The van der Waals surface area contributed by atoms with E-state index in [4.69, 9.17) is 14.6 Å². The predicted molar refractivity (Wildman–Crippen MR) is 129 cm³/mol. The van der Waals surface area contributed by atoms with Crippen LogP contribution < -0.4 is 14.8 Å². The van der Waals surface area contributed by atoms with Gasteiger partial charge in [-0.15, -0.1) is 0 Å². The standard InChI is InChI=1S/C25H19BrN2O6/c1-33-22-11-17(10-18(13-27)24(30)28-19-6-8-20(29)9-7-19)21(26)12-23(22)34-14-15-2-4-16(5-3-15)25(31)32/h2-12,29H,14H2,1H3,(H,28,30)(H,31,32)/b18-10+. The van der Waals surface area contributed by atoms with Crippen LogP contribution >= 0.6 is 15.9 Å². The zero-order valence-electron chi connectivity index (χ0n) is 17.9. The molecule has 3 N–H and O–H groups in total. The van der Waals surface area contributed by atoms with Crippen molar-refractivity contribution in [3.8, 4) is 23.3 Å². The van der Waals surface area contributed by atoms with Gasteiger partial charge in [0.1, 0.15) is 24.0 Å². The topological polar surface area (TPSA) is 129 Å². The third-order valence-electron chi connectivity index (χ3n) is 4.67. The Morgan fingerprint density at radius 1 is 1.09 bits per heavy atom. The summed E-state index contributed by atoms with van der Waals surface area (Å²) in [5.74, 6) is -0.752. The van der Waals surface area contributed by atoms with Gasteiger partial charge in [-0.05, 0) is 65.7 Å². The van der Waals surface area contributed by atoms with Crippen molar-refractivity contribution in [3.63, 3.8) is 0 Å². The van der Waals surface area contributed by atoms with Crippen molar-refractivity contribution in [2.24, 2.45) is 0 Å². The molecule has 0 aliphatic rings. The normalized spacial score (nSPS) is 10.8. The number of hydrogen-bond acceptors (Lipinski definition) is 6. The van der Waals surface area contributed by atoms with Crippen molar-refractivity contribution < 1.29 is 29.3 Å². The lowest BCUT2D eigenvalue weighted by Gasteiger charge is -2.13. The van der Waals surface area contributed by atoms with Crippen molar-refractivity contribution in [2.45, 2.75) is 6.61 Å². The number of carboxylic acids is 1. The Kier molecular flexibility index (Phi) is 7.90. The summed E-state index contributed by atoms with van der Waals surface area (Å²) in [6.07, 6.45) is 1.41. The van der Waals surface area contributed by atoms with E-state index in [0.717, 1.165) is 5.56 Å². The molecule has 0 bridgehead atoms. The van der Waals surface area contributed by atoms with E-state index in [2.05, 4.69) is 21.2 Å². The number of nitrogens with zero attached hydrogens (tertiary/aromatic N) is 1. The van der Waals surface area contributed by atoms with Gasteiger partial charge < -0.3 is 25.0 Å². The van der Waals surface area contributed by atoms with Gasteiger partial charge >= 0.3 is 5.97 Å². The lowest BCUT2D eigenvalue weighted by atomic mass is 10.1. The van der Waals surface area contributed by atoms with Gasteiger partial charge in [-0.1, -0.05) is 28.1 Å². The average molecular weight is 523 g/mol. The third kappa shape index (κ3) is 6.15. The van der Waals surface area contributed by atoms with Crippen LogP contribution in [0.4, 0.5) is 5.69 Å². The first-order valence-electron chi connectivity index (χ1n) is 9.85. The van der Waals surface area contributed by atoms with Crippen LogP contribution in [0.5, 0.6) is 17.2 Å². The second kappa shape index (κ2) is 11.0. The summed E-state index contributed by atoms with van der Waals surface area (Å²) in [6, 6.07) is 17.4. The number of ether oxygens (including phenoxy) is 2. The number of aromatic carboxylic acids is 1. The molecule has 3 aromatic rings. The number of amides is 1. The minimum atomic E-state index is -1.00. The van der Waals surface area contributed by atoms with Crippen molar-refractivity contribution in [3.05, 3.63) is 87.4 Å². The molecule has 0 atom stereocenters. The van der Waals surface area contributed by atoms with Gasteiger partial charge in [0.15, 0.2) is 11.5 Å². The number of phenolic OH excluding ortho intramolecular Hbond substituents is 1. The Labute approximate surface area is 203 Å². The Bertz CT molecular complexity index is 1280. The predicted octanol–water partition coefficient (Wildman–Crippen LogP) is 4.99. The summed E-state index contributed by atoms with van der Waals surface area (Å²) in [5.41, 5.74) is 1.77. The summed E-state index contributed by atoms with van der Waals surface area (Å²) in [5, 5.41) is 30.4. The van der Waals surface area contributed by atoms with Crippen LogP contribution in [0.1, 0.15) is 21.5 Å². The lowest BCUT2D eigenvalue weighted by Crippen LogP contribution is -2.13.